The average molecular weight is 139 g/mol. The summed E-state index contributed by atoms with van der Waals surface area (Å²) < 4.78 is 0. The molecule has 0 aromatic rings. The molecule has 0 saturated heterocycles. The quantitative estimate of drug-likeness (QED) is 0.532. The van der Waals surface area contributed by atoms with Gasteiger partial charge in [0.25, 0.3) is 0 Å². The van der Waals surface area contributed by atoms with Crippen LogP contribution in [0.3, 0.4) is 0 Å². The number of rotatable bonds is 2. The molecular weight excluding hydrogens is 130 g/mol. The summed E-state index contributed by atoms with van der Waals surface area (Å²) in [4.78, 5) is 21.2. The second kappa shape index (κ2) is 1.89. The first kappa shape index (κ1) is 6.04. The summed E-state index contributed by atoms with van der Waals surface area (Å²) in [6.07, 6.45) is 2.76. The van der Waals surface area contributed by atoms with E-state index in [2.05, 4.69) is 5.32 Å². The molecule has 1 N–H and O–H groups in total. The van der Waals surface area contributed by atoms with Crippen molar-refractivity contribution in [1.29, 1.82) is 0 Å². The maximum absolute atomic E-state index is 10.7. The Hall–Kier alpha value is -0.700. The molecule has 0 aliphatic heterocycles. The van der Waals surface area contributed by atoms with Crippen LogP contribution in [0.2, 0.25) is 0 Å². The molecule has 0 spiro atoms. The highest BCUT2D eigenvalue weighted by atomic mass is 16.2. The van der Waals surface area contributed by atoms with Gasteiger partial charge in [-0.05, 0) is 12.8 Å². The van der Waals surface area contributed by atoms with Crippen LogP contribution in [-0.2, 0) is 9.59 Å². The third kappa shape index (κ3) is 0.865. The summed E-state index contributed by atoms with van der Waals surface area (Å²) in [5.74, 6) is -0.426. The van der Waals surface area contributed by atoms with E-state index in [9.17, 15) is 9.59 Å². The van der Waals surface area contributed by atoms with E-state index in [1.807, 2.05) is 0 Å². The number of ketones is 2. The largest absolute Gasteiger partial charge is 0.304 e. The van der Waals surface area contributed by atoms with E-state index in [1.165, 1.54) is 0 Å². The van der Waals surface area contributed by atoms with Crippen molar-refractivity contribution in [1.82, 2.24) is 5.32 Å². The summed E-state index contributed by atoms with van der Waals surface area (Å²) >= 11 is 0. The van der Waals surface area contributed by atoms with Gasteiger partial charge in [0.05, 0.1) is 6.04 Å². The van der Waals surface area contributed by atoms with Gasteiger partial charge in [-0.25, -0.2) is 0 Å². The Morgan fingerprint density at radius 3 is 2.40 bits per heavy atom. The molecule has 1 atom stereocenters. The summed E-state index contributed by atoms with van der Waals surface area (Å²) in [6, 6.07) is 0.405. The summed E-state index contributed by atoms with van der Waals surface area (Å²) in [5, 5.41) is 3.10. The molecule has 2 saturated carbocycles. The van der Waals surface area contributed by atoms with Gasteiger partial charge in [0.15, 0.2) is 0 Å². The van der Waals surface area contributed by atoms with Gasteiger partial charge >= 0.3 is 0 Å². The topological polar surface area (TPSA) is 46.2 Å². The highest BCUT2D eigenvalue weighted by molar-refractivity contribution is 6.46. The molecule has 3 nitrogen and oxygen atoms in total. The average Bonchev–Trinajstić information content (AvgIpc) is 2.70. The van der Waals surface area contributed by atoms with Gasteiger partial charge in [0.2, 0.25) is 11.6 Å². The predicted molar refractivity (Wildman–Crippen MR) is 34.6 cm³/mol. The van der Waals surface area contributed by atoms with E-state index in [0.29, 0.717) is 12.5 Å². The Bertz CT molecular complexity index is 196. The van der Waals surface area contributed by atoms with E-state index in [0.717, 1.165) is 12.8 Å². The van der Waals surface area contributed by atoms with Gasteiger partial charge in [-0.3, -0.25) is 9.59 Å². The molecule has 0 amide bonds. The molecule has 0 bridgehead atoms. The van der Waals surface area contributed by atoms with Crippen molar-refractivity contribution in [3.8, 4) is 0 Å². The van der Waals surface area contributed by atoms with Crippen molar-refractivity contribution in [3.05, 3.63) is 0 Å². The predicted octanol–water partition coefficient (Wildman–Crippen LogP) is -0.351. The van der Waals surface area contributed by atoms with Gasteiger partial charge in [-0.15, -0.1) is 0 Å². The SMILES string of the molecule is O=C1CC(NC2CC2)C1=O. The van der Waals surface area contributed by atoms with E-state index in [4.69, 9.17) is 0 Å². The Labute approximate surface area is 58.8 Å². The van der Waals surface area contributed by atoms with Crippen LogP contribution in [0, 0.1) is 0 Å². The zero-order valence-corrected chi connectivity index (χ0v) is 5.59. The molecule has 0 aromatic carbocycles. The van der Waals surface area contributed by atoms with Crippen LogP contribution < -0.4 is 5.32 Å². The molecule has 10 heavy (non-hydrogen) atoms. The van der Waals surface area contributed by atoms with Crippen LogP contribution in [0.4, 0.5) is 0 Å². The van der Waals surface area contributed by atoms with E-state index in [1.54, 1.807) is 0 Å². The van der Waals surface area contributed by atoms with Crippen molar-refractivity contribution in [2.45, 2.75) is 31.3 Å². The fourth-order valence-corrected chi connectivity index (χ4v) is 1.11. The second-order valence-electron chi connectivity index (χ2n) is 2.99. The minimum absolute atomic E-state index is 0.125. The van der Waals surface area contributed by atoms with Crippen LogP contribution in [-0.4, -0.2) is 23.7 Å². The van der Waals surface area contributed by atoms with Crippen LogP contribution in [0.15, 0.2) is 0 Å². The number of hydrogen-bond acceptors (Lipinski definition) is 3. The van der Waals surface area contributed by atoms with Gasteiger partial charge in [0.1, 0.15) is 0 Å². The lowest BCUT2D eigenvalue weighted by Gasteiger charge is -2.22. The highest BCUT2D eigenvalue weighted by Gasteiger charge is 2.40. The molecule has 0 aromatic heterocycles. The van der Waals surface area contributed by atoms with E-state index in [-0.39, 0.29) is 17.6 Å². The first-order chi connectivity index (χ1) is 4.77. The van der Waals surface area contributed by atoms with Gasteiger partial charge in [-0.1, -0.05) is 0 Å². The standard InChI is InChI=1S/C7H9NO2/c9-6-3-5(7(6)10)8-4-1-2-4/h4-5,8H,1-3H2. The molecule has 54 valence electrons. The molecule has 2 aliphatic carbocycles. The third-order valence-corrected chi connectivity index (χ3v) is 2.00. The molecule has 0 radical (unpaired) electrons. The number of hydrogen-bond donors (Lipinski definition) is 1. The summed E-state index contributed by atoms with van der Waals surface area (Å²) in [6.45, 7) is 0. The number of nitrogens with one attached hydrogen (secondary N) is 1. The lowest BCUT2D eigenvalue weighted by Crippen LogP contribution is -2.52. The molecule has 1 unspecified atom stereocenters. The van der Waals surface area contributed by atoms with Crippen molar-refractivity contribution in [2.24, 2.45) is 0 Å². The third-order valence-electron chi connectivity index (χ3n) is 2.00. The molecule has 2 rings (SSSR count). The smallest absolute Gasteiger partial charge is 0.215 e. The molecule has 0 heterocycles. The maximum Gasteiger partial charge on any atom is 0.215 e. The Balaban J connectivity index is 1.84. The van der Waals surface area contributed by atoms with E-state index < -0.39 is 0 Å². The lowest BCUT2D eigenvalue weighted by molar-refractivity contribution is -0.144. The highest BCUT2D eigenvalue weighted by Crippen LogP contribution is 2.22. The molecule has 2 aliphatic rings. The van der Waals surface area contributed by atoms with Crippen molar-refractivity contribution < 1.29 is 9.59 Å². The summed E-state index contributed by atoms with van der Waals surface area (Å²) in [5.41, 5.74) is 0. The fourth-order valence-electron chi connectivity index (χ4n) is 1.11. The van der Waals surface area contributed by atoms with E-state index >= 15 is 0 Å². The first-order valence-corrected chi connectivity index (χ1v) is 3.60. The minimum atomic E-state index is -0.216. The zero-order valence-electron chi connectivity index (χ0n) is 5.59. The summed E-state index contributed by atoms with van der Waals surface area (Å²) in [7, 11) is 0. The Morgan fingerprint density at radius 1 is 1.30 bits per heavy atom. The molecular formula is C7H9NO2. The first-order valence-electron chi connectivity index (χ1n) is 3.60. The van der Waals surface area contributed by atoms with Gasteiger partial charge < -0.3 is 5.32 Å². The van der Waals surface area contributed by atoms with Crippen LogP contribution in [0.25, 0.3) is 0 Å². The Morgan fingerprint density at radius 2 is 2.00 bits per heavy atom. The zero-order chi connectivity index (χ0) is 7.14. The van der Waals surface area contributed by atoms with Crippen molar-refractivity contribution >= 4 is 11.6 Å². The van der Waals surface area contributed by atoms with Gasteiger partial charge in [-0.2, -0.15) is 0 Å². The monoisotopic (exact) mass is 139 g/mol. The Kier molecular flexibility index (Phi) is 1.14. The maximum atomic E-state index is 10.7. The van der Waals surface area contributed by atoms with Crippen LogP contribution in [0.1, 0.15) is 19.3 Å². The minimum Gasteiger partial charge on any atom is -0.304 e. The number of Topliss-reactive ketones (excluding diaryl/α,β-unsaturated/α-hetero) is 2. The fraction of sp³-hybridized carbons (Fsp3) is 0.714. The van der Waals surface area contributed by atoms with Gasteiger partial charge in [0, 0.05) is 12.5 Å². The van der Waals surface area contributed by atoms with Crippen molar-refractivity contribution in [3.63, 3.8) is 0 Å². The second-order valence-corrected chi connectivity index (χ2v) is 2.99. The van der Waals surface area contributed by atoms with Crippen molar-refractivity contribution in [2.75, 3.05) is 0 Å². The van der Waals surface area contributed by atoms with Crippen LogP contribution >= 0.6 is 0 Å². The van der Waals surface area contributed by atoms with Crippen LogP contribution in [0.5, 0.6) is 0 Å². The lowest BCUT2D eigenvalue weighted by atomic mass is 9.89. The number of carbonyl (C=O) groups excluding carboxylic acids is 2. The normalized spacial score (nSPS) is 32.2. The molecule has 2 fully saturated rings. The molecule has 3 heteroatoms. The number of carbonyl (C=O) groups is 2.